The molecule has 424 valence electrons. The number of carbonyl (C=O) groups is 4. The zero-order valence-corrected chi connectivity index (χ0v) is 46.5. The number of carboxylic acid groups (broad SMARTS) is 1. The van der Waals surface area contributed by atoms with Crippen molar-refractivity contribution in [2.24, 2.45) is 0 Å². The van der Waals surface area contributed by atoms with Crippen LogP contribution in [-0.2, 0) is 42.9 Å². The molecule has 1 aliphatic rings. The second-order valence-electron chi connectivity index (χ2n) is 19.2. The zero-order chi connectivity index (χ0) is 54.7. The number of rotatable bonds is 47. The summed E-state index contributed by atoms with van der Waals surface area (Å²) in [5.41, 5.74) is 0. The maximum Gasteiger partial charge on any atom is 0.335 e. The Morgan fingerprint density at radius 3 is 1.35 bits per heavy atom. The van der Waals surface area contributed by atoms with Gasteiger partial charge in [0.2, 0.25) is 0 Å². The highest BCUT2D eigenvalue weighted by Gasteiger charge is 2.50. The second-order valence-corrected chi connectivity index (χ2v) is 19.2. The van der Waals surface area contributed by atoms with Crippen LogP contribution in [0.4, 0.5) is 0 Å². The van der Waals surface area contributed by atoms with Crippen molar-refractivity contribution in [3.05, 3.63) is 109 Å². The van der Waals surface area contributed by atoms with Crippen molar-refractivity contribution in [1.82, 2.24) is 0 Å². The summed E-state index contributed by atoms with van der Waals surface area (Å²) in [5, 5.41) is 31.4. The van der Waals surface area contributed by atoms with Gasteiger partial charge in [-0.3, -0.25) is 14.4 Å². The van der Waals surface area contributed by atoms with Crippen LogP contribution >= 0.6 is 0 Å². The maximum absolute atomic E-state index is 13.1. The lowest BCUT2D eigenvalue weighted by atomic mass is 9.98. The number of allylic oxidation sites excluding steroid dienone is 18. The molecule has 12 nitrogen and oxygen atoms in total. The van der Waals surface area contributed by atoms with Gasteiger partial charge in [0.25, 0.3) is 0 Å². The van der Waals surface area contributed by atoms with Crippen LogP contribution in [-0.4, -0.2) is 89.2 Å². The molecule has 0 aromatic rings. The van der Waals surface area contributed by atoms with E-state index in [-0.39, 0.29) is 25.9 Å². The fourth-order valence-corrected chi connectivity index (χ4v) is 7.95. The molecule has 75 heavy (non-hydrogen) atoms. The molecule has 1 fully saturated rings. The van der Waals surface area contributed by atoms with Gasteiger partial charge >= 0.3 is 23.9 Å². The van der Waals surface area contributed by atoms with Gasteiger partial charge in [0.15, 0.2) is 24.6 Å². The molecule has 6 atom stereocenters. The van der Waals surface area contributed by atoms with Crippen LogP contribution in [0.5, 0.6) is 0 Å². The van der Waals surface area contributed by atoms with Gasteiger partial charge in [-0.25, -0.2) is 4.79 Å². The molecule has 0 aromatic carbocycles. The molecule has 12 heteroatoms. The number of hydrogen-bond acceptors (Lipinski definition) is 11. The quantitative estimate of drug-likeness (QED) is 0.0228. The minimum atomic E-state index is -1.93. The topological polar surface area (TPSA) is 175 Å². The minimum absolute atomic E-state index is 0.0117. The van der Waals surface area contributed by atoms with E-state index in [1.54, 1.807) is 0 Å². The molecular formula is C63H100O12. The molecule has 1 rings (SSSR count). The Morgan fingerprint density at radius 2 is 0.867 bits per heavy atom. The fraction of sp³-hybridized carbons (Fsp3) is 0.651. The third-order valence-corrected chi connectivity index (χ3v) is 12.3. The summed E-state index contributed by atoms with van der Waals surface area (Å²) in [4.78, 5) is 51.0. The fourth-order valence-electron chi connectivity index (χ4n) is 7.95. The first-order valence-corrected chi connectivity index (χ1v) is 28.9. The number of ether oxygens (including phenoxy) is 5. The van der Waals surface area contributed by atoms with E-state index in [4.69, 9.17) is 23.7 Å². The van der Waals surface area contributed by atoms with Crippen LogP contribution in [0.15, 0.2) is 109 Å². The van der Waals surface area contributed by atoms with Crippen molar-refractivity contribution in [3.63, 3.8) is 0 Å². The van der Waals surface area contributed by atoms with Gasteiger partial charge in [0.1, 0.15) is 18.8 Å². The van der Waals surface area contributed by atoms with Crippen LogP contribution in [0.25, 0.3) is 0 Å². The highest BCUT2D eigenvalue weighted by Crippen LogP contribution is 2.26. The van der Waals surface area contributed by atoms with Gasteiger partial charge in [0, 0.05) is 19.3 Å². The molecule has 1 heterocycles. The van der Waals surface area contributed by atoms with E-state index in [0.717, 1.165) is 89.9 Å². The lowest BCUT2D eigenvalue weighted by molar-refractivity contribution is -0.301. The van der Waals surface area contributed by atoms with E-state index in [9.17, 15) is 34.5 Å². The predicted octanol–water partition coefficient (Wildman–Crippen LogP) is 14.7. The number of aliphatic hydroxyl groups excluding tert-OH is 2. The van der Waals surface area contributed by atoms with Crippen LogP contribution in [0, 0.1) is 0 Å². The number of hydrogen-bond donors (Lipinski definition) is 3. The third-order valence-electron chi connectivity index (χ3n) is 12.3. The molecule has 0 radical (unpaired) electrons. The van der Waals surface area contributed by atoms with E-state index in [2.05, 4.69) is 118 Å². The Bertz CT molecular complexity index is 1720. The molecule has 0 amide bonds. The average molecular weight is 1050 g/mol. The summed E-state index contributed by atoms with van der Waals surface area (Å²) in [6.45, 7) is 5.64. The van der Waals surface area contributed by atoms with Gasteiger partial charge < -0.3 is 39.0 Å². The molecule has 0 aliphatic carbocycles. The smallest absolute Gasteiger partial charge is 0.335 e. The Hall–Kier alpha value is -4.62. The molecule has 0 spiro atoms. The van der Waals surface area contributed by atoms with E-state index in [0.29, 0.717) is 25.7 Å². The van der Waals surface area contributed by atoms with Gasteiger partial charge in [-0.2, -0.15) is 0 Å². The monoisotopic (exact) mass is 1050 g/mol. The number of carbonyl (C=O) groups excluding carboxylic acids is 3. The van der Waals surface area contributed by atoms with Crippen molar-refractivity contribution < 1.29 is 58.2 Å². The Labute approximate surface area is 453 Å². The zero-order valence-electron chi connectivity index (χ0n) is 46.5. The van der Waals surface area contributed by atoms with E-state index in [1.807, 2.05) is 12.2 Å². The molecule has 0 aromatic heterocycles. The first-order chi connectivity index (χ1) is 36.6. The molecule has 6 unspecified atom stereocenters. The Balaban J connectivity index is 2.73. The maximum atomic E-state index is 13.1. The van der Waals surface area contributed by atoms with Crippen LogP contribution in [0.2, 0.25) is 0 Å². The number of carboxylic acids is 1. The van der Waals surface area contributed by atoms with Crippen molar-refractivity contribution in [2.45, 2.75) is 250 Å². The molecule has 1 saturated heterocycles. The summed E-state index contributed by atoms with van der Waals surface area (Å²) in [7, 11) is 0. The first kappa shape index (κ1) is 68.4. The summed E-state index contributed by atoms with van der Waals surface area (Å²) >= 11 is 0. The standard InChI is InChI=1S/C63H100O12/c1-4-7-10-13-16-19-22-25-26-27-28-29-30-33-34-37-40-43-46-49-55(64)71-52-54(73-56(65)50-47-44-41-38-35-31-23-20-17-14-11-8-5-2)53-72-63-61(59(68)58(67)60(75-63)62(69)70)74-57(66)51-48-45-42-39-36-32-24-21-18-15-12-9-6-3/h8-9,11-12,16-21,25-26,31-32,35-36,41,44,54,58-61,63,67-68H,4-7,10,13-15,22-24,27-30,33-34,37-40,42-43,45-53H2,1-3H3,(H,69,70)/b11-8-,12-9-,19-16-,20-17-,21-18-,26-25-,35-31-,36-32-,44-41-. The number of unbranched alkanes of at least 4 members (excludes halogenated alkanes) is 15. The van der Waals surface area contributed by atoms with E-state index >= 15 is 0 Å². The Kier molecular flexibility index (Phi) is 45.8. The van der Waals surface area contributed by atoms with Crippen LogP contribution < -0.4 is 0 Å². The SMILES string of the molecule is CC/C=C\C/C=C\C/C=C\C/C=C\CCC(=O)OC(COC(=O)CCCCCCCCCCC/C=C\C/C=C\CCCCC)COC1OC(C(=O)O)C(O)C(O)C1OC(=O)CCCCC/C=C\C/C=C\C/C=C\CC. The highest BCUT2D eigenvalue weighted by molar-refractivity contribution is 5.74. The molecule has 3 N–H and O–H groups in total. The lowest BCUT2D eigenvalue weighted by Gasteiger charge is -2.40. The Morgan fingerprint density at radius 1 is 0.453 bits per heavy atom. The predicted molar refractivity (Wildman–Crippen MR) is 303 cm³/mol. The molecule has 1 aliphatic heterocycles. The number of esters is 3. The summed E-state index contributed by atoms with van der Waals surface area (Å²) < 4.78 is 28.3. The van der Waals surface area contributed by atoms with Gasteiger partial charge in [0.05, 0.1) is 6.61 Å². The van der Waals surface area contributed by atoms with Crippen molar-refractivity contribution in [1.29, 1.82) is 0 Å². The largest absolute Gasteiger partial charge is 0.479 e. The van der Waals surface area contributed by atoms with Gasteiger partial charge in [-0.05, 0) is 109 Å². The van der Waals surface area contributed by atoms with Gasteiger partial charge in [-0.1, -0.05) is 194 Å². The van der Waals surface area contributed by atoms with Crippen LogP contribution in [0.1, 0.15) is 213 Å². The van der Waals surface area contributed by atoms with Crippen molar-refractivity contribution in [2.75, 3.05) is 13.2 Å². The minimum Gasteiger partial charge on any atom is -0.479 e. The summed E-state index contributed by atoms with van der Waals surface area (Å²) in [5.74, 6) is -3.29. The molecule has 0 bridgehead atoms. The molecule has 0 saturated carbocycles. The molecular weight excluding hydrogens is 949 g/mol. The van der Waals surface area contributed by atoms with E-state index < -0.39 is 67.3 Å². The van der Waals surface area contributed by atoms with E-state index in [1.165, 1.54) is 57.8 Å². The third kappa shape index (κ3) is 40.3. The number of aliphatic carboxylic acids is 1. The summed E-state index contributed by atoms with van der Waals surface area (Å²) in [6.07, 6.45) is 55.2. The van der Waals surface area contributed by atoms with Gasteiger partial charge in [-0.15, -0.1) is 0 Å². The normalized spacial score (nSPS) is 19.0. The first-order valence-electron chi connectivity index (χ1n) is 28.9. The second kappa shape index (κ2) is 50.2. The lowest BCUT2D eigenvalue weighted by Crippen LogP contribution is -2.61. The van der Waals surface area contributed by atoms with Crippen molar-refractivity contribution >= 4 is 23.9 Å². The van der Waals surface area contributed by atoms with Crippen molar-refractivity contribution in [3.8, 4) is 0 Å². The number of aliphatic hydroxyl groups is 2. The average Bonchev–Trinajstić information content (AvgIpc) is 3.39. The summed E-state index contributed by atoms with van der Waals surface area (Å²) in [6, 6.07) is 0. The van der Waals surface area contributed by atoms with Crippen LogP contribution in [0.3, 0.4) is 0 Å². The highest BCUT2D eigenvalue weighted by atomic mass is 16.7.